The molecule has 1 aromatic rings. The topological polar surface area (TPSA) is 19.4 Å². The minimum absolute atomic E-state index is 0.194. The zero-order valence-electron chi connectivity index (χ0n) is 9.69. The Bertz CT molecular complexity index is 335. The predicted octanol–water partition coefficient (Wildman–Crippen LogP) is 1.36. The first-order valence-corrected chi connectivity index (χ1v) is 5.82. The minimum Gasteiger partial charge on any atom is -0.301 e. The molecule has 1 aromatic heterocycles. The van der Waals surface area contributed by atoms with Crippen molar-refractivity contribution in [3.05, 3.63) is 29.8 Å². The van der Waals surface area contributed by atoms with E-state index in [1.807, 2.05) is 0 Å². The van der Waals surface area contributed by atoms with Crippen LogP contribution in [0.25, 0.3) is 0 Å². The Morgan fingerprint density at radius 2 is 1.94 bits per heavy atom. The van der Waals surface area contributed by atoms with Gasteiger partial charge in [-0.05, 0) is 12.6 Å². The maximum absolute atomic E-state index is 13.4. The van der Waals surface area contributed by atoms with E-state index in [0.29, 0.717) is 6.54 Å². The molecular formula is C12H18FN3. The van der Waals surface area contributed by atoms with E-state index in [1.165, 1.54) is 6.20 Å². The van der Waals surface area contributed by atoms with Gasteiger partial charge in [-0.1, -0.05) is 6.92 Å². The summed E-state index contributed by atoms with van der Waals surface area (Å²) in [4.78, 5) is 8.47. The number of nitrogens with zero attached hydrogens (tertiary/aromatic N) is 3. The number of hydrogen-bond donors (Lipinski definition) is 0. The van der Waals surface area contributed by atoms with Gasteiger partial charge in [0.15, 0.2) is 0 Å². The summed E-state index contributed by atoms with van der Waals surface area (Å²) in [7, 11) is 0. The van der Waals surface area contributed by atoms with E-state index in [9.17, 15) is 4.39 Å². The van der Waals surface area contributed by atoms with Gasteiger partial charge in [-0.3, -0.25) is 9.88 Å². The van der Waals surface area contributed by atoms with Crippen molar-refractivity contribution >= 4 is 0 Å². The van der Waals surface area contributed by atoms with Crippen LogP contribution in [0.1, 0.15) is 12.5 Å². The van der Waals surface area contributed by atoms with Gasteiger partial charge in [0.1, 0.15) is 5.82 Å². The summed E-state index contributed by atoms with van der Waals surface area (Å²) < 4.78 is 13.4. The second-order valence-electron chi connectivity index (χ2n) is 4.18. The normalized spacial score (nSPS) is 18.9. The highest BCUT2D eigenvalue weighted by Gasteiger charge is 2.16. The van der Waals surface area contributed by atoms with Crippen molar-refractivity contribution in [2.45, 2.75) is 13.5 Å². The van der Waals surface area contributed by atoms with Gasteiger partial charge < -0.3 is 4.90 Å². The van der Waals surface area contributed by atoms with Crippen molar-refractivity contribution in [3.8, 4) is 0 Å². The van der Waals surface area contributed by atoms with Crippen LogP contribution in [0.3, 0.4) is 0 Å². The lowest BCUT2D eigenvalue weighted by molar-refractivity contribution is 0.131. The number of halogens is 1. The maximum atomic E-state index is 13.4. The van der Waals surface area contributed by atoms with Crippen LogP contribution >= 0.6 is 0 Å². The van der Waals surface area contributed by atoms with Crippen molar-refractivity contribution in [2.75, 3.05) is 32.7 Å². The van der Waals surface area contributed by atoms with E-state index in [-0.39, 0.29) is 5.82 Å². The Labute approximate surface area is 95.9 Å². The van der Waals surface area contributed by atoms with Gasteiger partial charge in [0, 0.05) is 44.5 Å². The van der Waals surface area contributed by atoms with E-state index in [4.69, 9.17) is 0 Å². The molecule has 1 fully saturated rings. The molecule has 4 heteroatoms. The molecular weight excluding hydrogens is 205 g/mol. The average molecular weight is 223 g/mol. The Balaban J connectivity index is 1.89. The molecule has 0 atom stereocenters. The van der Waals surface area contributed by atoms with Crippen LogP contribution in [0.5, 0.6) is 0 Å². The highest BCUT2D eigenvalue weighted by atomic mass is 19.1. The molecule has 88 valence electrons. The van der Waals surface area contributed by atoms with Crippen LogP contribution in [0.2, 0.25) is 0 Å². The third-order valence-corrected chi connectivity index (χ3v) is 3.16. The first kappa shape index (κ1) is 11.5. The van der Waals surface area contributed by atoms with E-state index in [2.05, 4.69) is 21.7 Å². The van der Waals surface area contributed by atoms with Crippen molar-refractivity contribution in [1.82, 2.24) is 14.8 Å². The highest BCUT2D eigenvalue weighted by Crippen LogP contribution is 2.10. The Morgan fingerprint density at radius 3 is 2.56 bits per heavy atom. The van der Waals surface area contributed by atoms with E-state index < -0.39 is 0 Å². The molecule has 0 spiro atoms. The smallest absolute Gasteiger partial charge is 0.145 e. The van der Waals surface area contributed by atoms with Gasteiger partial charge in [0.25, 0.3) is 0 Å². The van der Waals surface area contributed by atoms with Gasteiger partial charge >= 0.3 is 0 Å². The van der Waals surface area contributed by atoms with Gasteiger partial charge in [-0.25, -0.2) is 4.39 Å². The second kappa shape index (κ2) is 5.37. The summed E-state index contributed by atoms with van der Waals surface area (Å²) in [5.74, 6) is -0.194. The van der Waals surface area contributed by atoms with E-state index in [0.717, 1.165) is 38.3 Å². The molecule has 0 N–H and O–H groups in total. The maximum Gasteiger partial charge on any atom is 0.145 e. The lowest BCUT2D eigenvalue weighted by Crippen LogP contribution is -2.45. The average Bonchev–Trinajstić information content (AvgIpc) is 2.33. The quantitative estimate of drug-likeness (QED) is 0.771. The fourth-order valence-corrected chi connectivity index (χ4v) is 2.04. The predicted molar refractivity (Wildman–Crippen MR) is 61.6 cm³/mol. The summed E-state index contributed by atoms with van der Waals surface area (Å²) in [6.07, 6.45) is 2.94. The number of piperazine rings is 1. The van der Waals surface area contributed by atoms with Crippen molar-refractivity contribution in [3.63, 3.8) is 0 Å². The van der Waals surface area contributed by atoms with Crippen LogP contribution in [-0.4, -0.2) is 47.5 Å². The number of likely N-dealkylation sites (N-methyl/N-ethyl adjacent to an activating group) is 1. The molecule has 0 aromatic carbocycles. The standard InChI is InChI=1S/C12H18FN3/c1-2-15-5-7-16(8-6-15)10-11-3-4-14-9-12(11)13/h3-4,9H,2,5-8,10H2,1H3. The number of aromatic nitrogens is 1. The van der Waals surface area contributed by atoms with Crippen LogP contribution in [-0.2, 0) is 6.54 Å². The summed E-state index contributed by atoms with van der Waals surface area (Å²) in [6, 6.07) is 1.77. The van der Waals surface area contributed by atoms with Gasteiger partial charge in [0.2, 0.25) is 0 Å². The van der Waals surface area contributed by atoms with Crippen molar-refractivity contribution in [1.29, 1.82) is 0 Å². The molecule has 0 radical (unpaired) electrons. The molecule has 0 bridgehead atoms. The molecule has 0 unspecified atom stereocenters. The molecule has 0 saturated carbocycles. The zero-order valence-corrected chi connectivity index (χ0v) is 9.69. The Morgan fingerprint density at radius 1 is 1.25 bits per heavy atom. The summed E-state index contributed by atoms with van der Waals surface area (Å²) in [6.45, 7) is 8.21. The minimum atomic E-state index is -0.194. The van der Waals surface area contributed by atoms with Crippen molar-refractivity contribution < 1.29 is 4.39 Å². The number of pyridine rings is 1. The molecule has 1 aliphatic rings. The molecule has 0 amide bonds. The third-order valence-electron chi connectivity index (χ3n) is 3.16. The first-order valence-electron chi connectivity index (χ1n) is 5.82. The molecule has 1 saturated heterocycles. The van der Waals surface area contributed by atoms with Gasteiger partial charge in [0.05, 0.1) is 6.20 Å². The monoisotopic (exact) mass is 223 g/mol. The van der Waals surface area contributed by atoms with Crippen LogP contribution in [0, 0.1) is 5.82 Å². The number of rotatable bonds is 3. The summed E-state index contributed by atoms with van der Waals surface area (Å²) in [5, 5.41) is 0. The summed E-state index contributed by atoms with van der Waals surface area (Å²) in [5.41, 5.74) is 0.750. The molecule has 2 heterocycles. The Hall–Kier alpha value is -1.00. The molecule has 16 heavy (non-hydrogen) atoms. The number of hydrogen-bond acceptors (Lipinski definition) is 3. The lowest BCUT2D eigenvalue weighted by atomic mass is 10.2. The largest absolute Gasteiger partial charge is 0.301 e. The van der Waals surface area contributed by atoms with Gasteiger partial charge in [-0.2, -0.15) is 0 Å². The van der Waals surface area contributed by atoms with Crippen LogP contribution < -0.4 is 0 Å². The summed E-state index contributed by atoms with van der Waals surface area (Å²) >= 11 is 0. The fourth-order valence-electron chi connectivity index (χ4n) is 2.04. The molecule has 1 aliphatic heterocycles. The molecule has 0 aliphatic carbocycles. The van der Waals surface area contributed by atoms with Crippen LogP contribution in [0.15, 0.2) is 18.5 Å². The van der Waals surface area contributed by atoms with Gasteiger partial charge in [-0.15, -0.1) is 0 Å². The molecule has 3 nitrogen and oxygen atoms in total. The zero-order chi connectivity index (χ0) is 11.4. The SMILES string of the molecule is CCN1CCN(Cc2ccncc2F)CC1. The molecule has 2 rings (SSSR count). The fraction of sp³-hybridized carbons (Fsp3) is 0.583. The van der Waals surface area contributed by atoms with E-state index >= 15 is 0 Å². The highest BCUT2D eigenvalue weighted by molar-refractivity contribution is 5.12. The first-order chi connectivity index (χ1) is 7.79. The lowest BCUT2D eigenvalue weighted by Gasteiger charge is -2.34. The van der Waals surface area contributed by atoms with E-state index in [1.54, 1.807) is 12.3 Å². The van der Waals surface area contributed by atoms with Crippen LogP contribution in [0.4, 0.5) is 4.39 Å². The third kappa shape index (κ3) is 2.77. The Kier molecular flexibility index (Phi) is 3.85. The second-order valence-corrected chi connectivity index (χ2v) is 4.18. The van der Waals surface area contributed by atoms with Crippen molar-refractivity contribution in [2.24, 2.45) is 0 Å².